The quantitative estimate of drug-likeness (QED) is 0.832. The third kappa shape index (κ3) is 4.23. The number of hydrogen-bond acceptors (Lipinski definition) is 4. The maximum atomic E-state index is 13.5. The van der Waals surface area contributed by atoms with Crippen molar-refractivity contribution in [3.8, 4) is 0 Å². The van der Waals surface area contributed by atoms with Crippen LogP contribution in [0.3, 0.4) is 0 Å². The van der Waals surface area contributed by atoms with Crippen LogP contribution in [0.2, 0.25) is 0 Å². The molecule has 0 aliphatic carbocycles. The number of rotatable bonds is 5. The average molecular weight is 380 g/mol. The van der Waals surface area contributed by atoms with Crippen LogP contribution in [0.15, 0.2) is 27.6 Å². The van der Waals surface area contributed by atoms with Gasteiger partial charge in [0.25, 0.3) is 0 Å². The van der Waals surface area contributed by atoms with Crippen molar-refractivity contribution in [2.75, 3.05) is 46.3 Å². The lowest BCUT2D eigenvalue weighted by Crippen LogP contribution is -2.46. The monoisotopic (exact) mass is 379 g/mol. The van der Waals surface area contributed by atoms with Gasteiger partial charge < -0.3 is 5.32 Å². The first-order valence-corrected chi connectivity index (χ1v) is 8.99. The lowest BCUT2D eigenvalue weighted by atomic mass is 10.3. The summed E-state index contributed by atoms with van der Waals surface area (Å²) >= 11 is 3.02. The lowest BCUT2D eigenvalue weighted by molar-refractivity contribution is 0.229. The number of benzene rings is 1. The van der Waals surface area contributed by atoms with Crippen LogP contribution in [0.1, 0.15) is 0 Å². The van der Waals surface area contributed by atoms with Crippen LogP contribution in [0.5, 0.6) is 0 Å². The van der Waals surface area contributed by atoms with Gasteiger partial charge in [-0.15, -0.1) is 0 Å². The Morgan fingerprint density at radius 3 is 2.67 bits per heavy atom. The summed E-state index contributed by atoms with van der Waals surface area (Å²) in [5, 5.41) is 3.25. The van der Waals surface area contributed by atoms with E-state index in [0.717, 1.165) is 32.2 Å². The highest BCUT2D eigenvalue weighted by molar-refractivity contribution is 9.10. The SMILES string of the molecule is CN(CCN1CCNCC1)S(=O)(=O)c1ccc(Br)c(F)c1. The van der Waals surface area contributed by atoms with Crippen molar-refractivity contribution in [2.24, 2.45) is 0 Å². The van der Waals surface area contributed by atoms with Gasteiger partial charge in [0.2, 0.25) is 10.0 Å². The van der Waals surface area contributed by atoms with E-state index in [-0.39, 0.29) is 9.37 Å². The summed E-state index contributed by atoms with van der Waals surface area (Å²) in [6.45, 7) is 4.75. The fourth-order valence-corrected chi connectivity index (χ4v) is 3.58. The molecule has 0 radical (unpaired) electrons. The first-order valence-electron chi connectivity index (χ1n) is 6.76. The lowest BCUT2D eigenvalue weighted by Gasteiger charge is -2.28. The standard InChI is InChI=1S/C13H19BrFN3O2S/c1-17(8-9-18-6-4-16-5-7-18)21(19,20)11-2-3-12(14)13(15)10-11/h2-3,10,16H,4-9H2,1H3. The summed E-state index contributed by atoms with van der Waals surface area (Å²) < 4.78 is 39.8. The van der Waals surface area contributed by atoms with Crippen molar-refractivity contribution in [1.82, 2.24) is 14.5 Å². The van der Waals surface area contributed by atoms with E-state index in [9.17, 15) is 12.8 Å². The topological polar surface area (TPSA) is 52.6 Å². The molecule has 0 aromatic heterocycles. The molecule has 1 heterocycles. The van der Waals surface area contributed by atoms with Gasteiger partial charge in [0.15, 0.2) is 0 Å². The van der Waals surface area contributed by atoms with Crippen molar-refractivity contribution < 1.29 is 12.8 Å². The van der Waals surface area contributed by atoms with Crippen LogP contribution < -0.4 is 5.32 Å². The second-order valence-corrected chi connectivity index (χ2v) is 7.89. The molecule has 1 aliphatic rings. The molecule has 1 aromatic rings. The Balaban J connectivity index is 2.02. The minimum absolute atomic E-state index is 0.0222. The van der Waals surface area contributed by atoms with Crippen molar-refractivity contribution in [3.63, 3.8) is 0 Å². The molecule has 8 heteroatoms. The summed E-state index contributed by atoms with van der Waals surface area (Å²) in [6, 6.07) is 3.86. The molecule has 1 fully saturated rings. The molecular formula is C13H19BrFN3O2S. The highest BCUT2D eigenvalue weighted by Crippen LogP contribution is 2.21. The summed E-state index contributed by atoms with van der Waals surface area (Å²) in [6.07, 6.45) is 0. The van der Waals surface area contributed by atoms with Gasteiger partial charge in [-0.3, -0.25) is 4.90 Å². The van der Waals surface area contributed by atoms with E-state index in [1.165, 1.54) is 23.5 Å². The molecular weight excluding hydrogens is 361 g/mol. The molecule has 1 N–H and O–H groups in total. The molecule has 0 spiro atoms. The molecule has 0 unspecified atom stereocenters. The van der Waals surface area contributed by atoms with Gasteiger partial charge in [0.05, 0.1) is 9.37 Å². The minimum Gasteiger partial charge on any atom is -0.314 e. The average Bonchev–Trinajstić information content (AvgIpc) is 2.48. The normalized spacial score (nSPS) is 17.3. The third-order valence-corrected chi connectivity index (χ3v) is 6.04. The van der Waals surface area contributed by atoms with Gasteiger partial charge >= 0.3 is 0 Å². The van der Waals surface area contributed by atoms with Crippen molar-refractivity contribution >= 4 is 26.0 Å². The Bertz CT molecular complexity index is 591. The predicted molar refractivity (Wildman–Crippen MR) is 83.2 cm³/mol. The van der Waals surface area contributed by atoms with Crippen molar-refractivity contribution in [3.05, 3.63) is 28.5 Å². The molecule has 21 heavy (non-hydrogen) atoms. The van der Waals surface area contributed by atoms with Crippen LogP contribution in [0.25, 0.3) is 0 Å². The van der Waals surface area contributed by atoms with Crippen LogP contribution >= 0.6 is 15.9 Å². The number of likely N-dealkylation sites (N-methyl/N-ethyl adjacent to an activating group) is 1. The van der Waals surface area contributed by atoms with E-state index in [4.69, 9.17) is 0 Å². The first kappa shape index (κ1) is 16.8. The van der Waals surface area contributed by atoms with Crippen LogP contribution in [-0.4, -0.2) is 63.9 Å². The molecule has 5 nitrogen and oxygen atoms in total. The number of sulfonamides is 1. The van der Waals surface area contributed by atoms with E-state index >= 15 is 0 Å². The van der Waals surface area contributed by atoms with Crippen molar-refractivity contribution in [2.45, 2.75) is 4.90 Å². The summed E-state index contributed by atoms with van der Waals surface area (Å²) in [4.78, 5) is 2.19. The summed E-state index contributed by atoms with van der Waals surface area (Å²) in [7, 11) is -2.12. The Morgan fingerprint density at radius 2 is 2.05 bits per heavy atom. The van der Waals surface area contributed by atoms with E-state index in [1.807, 2.05) is 0 Å². The fraction of sp³-hybridized carbons (Fsp3) is 0.538. The number of nitrogens with zero attached hydrogens (tertiary/aromatic N) is 2. The van der Waals surface area contributed by atoms with Gasteiger partial charge in [-0.05, 0) is 34.1 Å². The molecule has 0 atom stereocenters. The third-order valence-electron chi connectivity index (χ3n) is 3.54. The zero-order valence-electron chi connectivity index (χ0n) is 11.8. The smallest absolute Gasteiger partial charge is 0.242 e. The zero-order valence-corrected chi connectivity index (χ0v) is 14.3. The molecule has 118 valence electrons. The van der Waals surface area contributed by atoms with Crippen molar-refractivity contribution in [1.29, 1.82) is 0 Å². The molecule has 0 saturated carbocycles. The molecule has 1 aliphatic heterocycles. The number of nitrogens with one attached hydrogen (secondary N) is 1. The van der Waals surface area contributed by atoms with Gasteiger partial charge in [0, 0.05) is 46.3 Å². The maximum Gasteiger partial charge on any atom is 0.242 e. The fourth-order valence-electron chi connectivity index (χ4n) is 2.15. The van der Waals surface area contributed by atoms with Crippen LogP contribution in [0, 0.1) is 5.82 Å². The minimum atomic E-state index is -3.65. The maximum absolute atomic E-state index is 13.5. The molecule has 1 saturated heterocycles. The van der Waals surface area contributed by atoms with E-state index < -0.39 is 15.8 Å². The zero-order chi connectivity index (χ0) is 15.5. The van der Waals surface area contributed by atoms with Gasteiger partial charge in [-0.25, -0.2) is 12.8 Å². The van der Waals surface area contributed by atoms with Crippen LogP contribution in [-0.2, 0) is 10.0 Å². The van der Waals surface area contributed by atoms with E-state index in [0.29, 0.717) is 13.1 Å². The first-order chi connectivity index (χ1) is 9.91. The Kier molecular flexibility index (Phi) is 5.73. The molecule has 2 rings (SSSR count). The van der Waals surface area contributed by atoms with E-state index in [1.54, 1.807) is 0 Å². The van der Waals surface area contributed by atoms with E-state index in [2.05, 4.69) is 26.1 Å². The van der Waals surface area contributed by atoms with Gasteiger partial charge in [-0.1, -0.05) is 0 Å². The largest absolute Gasteiger partial charge is 0.314 e. The Labute approximate surface area is 133 Å². The van der Waals surface area contributed by atoms with Crippen LogP contribution in [0.4, 0.5) is 4.39 Å². The Morgan fingerprint density at radius 1 is 1.38 bits per heavy atom. The van der Waals surface area contributed by atoms with Gasteiger partial charge in [-0.2, -0.15) is 4.31 Å². The highest BCUT2D eigenvalue weighted by Gasteiger charge is 2.22. The molecule has 1 aromatic carbocycles. The highest BCUT2D eigenvalue weighted by atomic mass is 79.9. The second kappa shape index (κ2) is 7.15. The summed E-state index contributed by atoms with van der Waals surface area (Å²) in [5.74, 6) is -0.577. The molecule has 0 amide bonds. The number of piperazine rings is 1. The molecule has 0 bridgehead atoms. The second-order valence-electron chi connectivity index (χ2n) is 4.99. The number of hydrogen-bond donors (Lipinski definition) is 1. The predicted octanol–water partition coefficient (Wildman–Crippen LogP) is 1.11. The Hall–Kier alpha value is -0.540. The summed E-state index contributed by atoms with van der Waals surface area (Å²) in [5.41, 5.74) is 0. The van der Waals surface area contributed by atoms with Gasteiger partial charge in [0.1, 0.15) is 5.82 Å². The number of halogens is 2.